The molecule has 20 heavy (non-hydrogen) atoms. The number of carbonyl (C=O) groups excluding carboxylic acids is 1. The molecule has 0 saturated carbocycles. The maximum atomic E-state index is 12.6. The minimum absolute atomic E-state index is 0.0659. The van der Waals surface area contributed by atoms with Gasteiger partial charge in [0, 0.05) is 25.2 Å². The van der Waals surface area contributed by atoms with E-state index in [2.05, 4.69) is 11.4 Å². The van der Waals surface area contributed by atoms with Gasteiger partial charge in [0.05, 0.1) is 6.07 Å². The van der Waals surface area contributed by atoms with E-state index in [1.807, 2.05) is 42.5 Å². The molecule has 0 aliphatic carbocycles. The van der Waals surface area contributed by atoms with Crippen LogP contribution in [0.25, 0.3) is 10.8 Å². The summed E-state index contributed by atoms with van der Waals surface area (Å²) in [5, 5.41) is 14.4. The SMILES string of the molecule is N#CC1CNCCN1C(=O)c1ccc2ccccc2c1. The Bertz CT molecular complexity index is 689. The topological polar surface area (TPSA) is 56.1 Å². The predicted octanol–water partition coefficient (Wildman–Crippen LogP) is 1.78. The van der Waals surface area contributed by atoms with Crippen molar-refractivity contribution in [2.24, 2.45) is 0 Å². The van der Waals surface area contributed by atoms with E-state index in [9.17, 15) is 4.79 Å². The van der Waals surface area contributed by atoms with Crippen molar-refractivity contribution in [2.45, 2.75) is 6.04 Å². The van der Waals surface area contributed by atoms with E-state index in [1.165, 1.54) is 0 Å². The second-order valence-electron chi connectivity index (χ2n) is 4.91. The number of nitrogens with zero attached hydrogens (tertiary/aromatic N) is 2. The van der Waals surface area contributed by atoms with Crippen LogP contribution in [0.2, 0.25) is 0 Å². The van der Waals surface area contributed by atoms with Gasteiger partial charge < -0.3 is 10.2 Å². The molecule has 4 nitrogen and oxygen atoms in total. The number of hydrogen-bond donors (Lipinski definition) is 1. The molecule has 1 aliphatic rings. The number of hydrogen-bond acceptors (Lipinski definition) is 3. The van der Waals surface area contributed by atoms with Gasteiger partial charge in [0.2, 0.25) is 0 Å². The molecule has 0 aromatic heterocycles. The molecule has 3 rings (SSSR count). The van der Waals surface area contributed by atoms with Crippen molar-refractivity contribution in [1.82, 2.24) is 10.2 Å². The average Bonchev–Trinajstić information content (AvgIpc) is 2.53. The van der Waals surface area contributed by atoms with Crippen molar-refractivity contribution in [1.29, 1.82) is 5.26 Å². The summed E-state index contributed by atoms with van der Waals surface area (Å²) < 4.78 is 0. The zero-order valence-corrected chi connectivity index (χ0v) is 11.0. The average molecular weight is 265 g/mol. The molecule has 1 aliphatic heterocycles. The molecule has 0 radical (unpaired) electrons. The largest absolute Gasteiger partial charge is 0.320 e. The van der Waals surface area contributed by atoms with Crippen LogP contribution in [0.3, 0.4) is 0 Å². The summed E-state index contributed by atoms with van der Waals surface area (Å²) in [7, 11) is 0. The first-order chi connectivity index (χ1) is 9.79. The fourth-order valence-corrected chi connectivity index (χ4v) is 2.55. The molecule has 2 aromatic rings. The van der Waals surface area contributed by atoms with Crippen LogP contribution in [-0.4, -0.2) is 36.5 Å². The Balaban J connectivity index is 1.93. The summed E-state index contributed by atoms with van der Waals surface area (Å²) in [6, 6.07) is 15.4. The van der Waals surface area contributed by atoms with Crippen LogP contribution in [0.5, 0.6) is 0 Å². The summed E-state index contributed by atoms with van der Waals surface area (Å²) in [6.07, 6.45) is 0. The first kappa shape index (κ1) is 12.6. The van der Waals surface area contributed by atoms with Crippen LogP contribution in [-0.2, 0) is 0 Å². The lowest BCUT2D eigenvalue weighted by molar-refractivity contribution is 0.0687. The van der Waals surface area contributed by atoms with Gasteiger partial charge in [0.25, 0.3) is 5.91 Å². The maximum absolute atomic E-state index is 12.6. The van der Waals surface area contributed by atoms with E-state index in [0.717, 1.165) is 17.3 Å². The minimum Gasteiger partial charge on any atom is -0.320 e. The van der Waals surface area contributed by atoms with Crippen molar-refractivity contribution in [3.8, 4) is 6.07 Å². The van der Waals surface area contributed by atoms with Gasteiger partial charge in [-0.2, -0.15) is 5.26 Å². The monoisotopic (exact) mass is 265 g/mol. The second-order valence-corrected chi connectivity index (χ2v) is 4.91. The molecule has 0 bridgehead atoms. The Labute approximate surface area is 117 Å². The zero-order valence-electron chi connectivity index (χ0n) is 11.0. The fraction of sp³-hybridized carbons (Fsp3) is 0.250. The number of carbonyl (C=O) groups is 1. The van der Waals surface area contributed by atoms with Crippen LogP contribution in [0.1, 0.15) is 10.4 Å². The quantitative estimate of drug-likeness (QED) is 0.855. The third kappa shape index (κ3) is 2.24. The summed E-state index contributed by atoms with van der Waals surface area (Å²) in [5.41, 5.74) is 0.644. The van der Waals surface area contributed by atoms with Crippen LogP contribution in [0, 0.1) is 11.3 Å². The standard InChI is InChI=1S/C16H15N3O/c17-10-15-11-18-7-8-19(15)16(20)14-6-5-12-3-1-2-4-13(12)9-14/h1-6,9,15,18H,7-8,11H2. The van der Waals surface area contributed by atoms with E-state index in [1.54, 1.807) is 4.90 Å². The Morgan fingerprint density at radius 3 is 2.85 bits per heavy atom. The lowest BCUT2D eigenvalue weighted by atomic mass is 10.1. The second kappa shape index (κ2) is 5.32. The lowest BCUT2D eigenvalue weighted by Crippen LogP contribution is -2.53. The molecule has 100 valence electrons. The van der Waals surface area contributed by atoms with E-state index in [0.29, 0.717) is 18.7 Å². The molecular weight excluding hydrogens is 250 g/mol. The first-order valence-corrected chi connectivity index (χ1v) is 6.70. The third-order valence-corrected chi connectivity index (χ3v) is 3.65. The molecule has 1 amide bonds. The van der Waals surface area contributed by atoms with Gasteiger partial charge in [-0.25, -0.2) is 0 Å². The highest BCUT2D eigenvalue weighted by Gasteiger charge is 2.27. The number of nitrogens with one attached hydrogen (secondary N) is 1. The van der Waals surface area contributed by atoms with Crippen LogP contribution in [0.15, 0.2) is 42.5 Å². The van der Waals surface area contributed by atoms with Crippen molar-refractivity contribution in [3.63, 3.8) is 0 Å². The molecule has 1 heterocycles. The van der Waals surface area contributed by atoms with Gasteiger partial charge in [0.1, 0.15) is 6.04 Å². The van der Waals surface area contributed by atoms with Gasteiger partial charge in [-0.05, 0) is 22.9 Å². The van der Waals surface area contributed by atoms with Crippen molar-refractivity contribution in [2.75, 3.05) is 19.6 Å². The lowest BCUT2D eigenvalue weighted by Gasteiger charge is -2.32. The first-order valence-electron chi connectivity index (χ1n) is 6.70. The molecule has 2 aromatic carbocycles. The van der Waals surface area contributed by atoms with Crippen molar-refractivity contribution in [3.05, 3.63) is 48.0 Å². The summed E-state index contributed by atoms with van der Waals surface area (Å²) in [4.78, 5) is 14.2. The molecule has 1 atom stereocenters. The van der Waals surface area contributed by atoms with E-state index >= 15 is 0 Å². The molecule has 1 fully saturated rings. The molecule has 1 unspecified atom stereocenters. The fourth-order valence-electron chi connectivity index (χ4n) is 2.55. The summed E-state index contributed by atoms with van der Waals surface area (Å²) in [5.74, 6) is -0.0659. The zero-order chi connectivity index (χ0) is 13.9. The highest BCUT2D eigenvalue weighted by atomic mass is 16.2. The van der Waals surface area contributed by atoms with Gasteiger partial charge in [-0.3, -0.25) is 4.79 Å². The Morgan fingerprint density at radius 1 is 1.25 bits per heavy atom. The van der Waals surface area contributed by atoms with Gasteiger partial charge in [-0.15, -0.1) is 0 Å². The highest BCUT2D eigenvalue weighted by molar-refractivity contribution is 5.99. The number of amides is 1. The minimum atomic E-state index is -0.386. The molecule has 1 saturated heterocycles. The maximum Gasteiger partial charge on any atom is 0.255 e. The predicted molar refractivity (Wildman–Crippen MR) is 77.3 cm³/mol. The van der Waals surface area contributed by atoms with E-state index in [-0.39, 0.29) is 11.9 Å². The van der Waals surface area contributed by atoms with Crippen LogP contribution in [0.4, 0.5) is 0 Å². The molecule has 4 heteroatoms. The summed E-state index contributed by atoms with van der Waals surface area (Å²) >= 11 is 0. The van der Waals surface area contributed by atoms with E-state index < -0.39 is 0 Å². The van der Waals surface area contributed by atoms with Crippen molar-refractivity contribution < 1.29 is 4.79 Å². The molecule has 0 spiro atoms. The Kier molecular flexibility index (Phi) is 3.36. The Hall–Kier alpha value is -2.38. The Morgan fingerprint density at radius 2 is 2.05 bits per heavy atom. The van der Waals surface area contributed by atoms with Crippen LogP contribution >= 0.6 is 0 Å². The number of nitriles is 1. The number of fused-ring (bicyclic) bond motifs is 1. The van der Waals surface area contributed by atoms with Gasteiger partial charge >= 0.3 is 0 Å². The number of piperazine rings is 1. The summed E-state index contributed by atoms with van der Waals surface area (Å²) in [6.45, 7) is 1.84. The molecular formula is C16H15N3O. The number of rotatable bonds is 1. The van der Waals surface area contributed by atoms with Crippen LogP contribution < -0.4 is 5.32 Å². The van der Waals surface area contributed by atoms with Gasteiger partial charge in [0.15, 0.2) is 0 Å². The number of benzene rings is 2. The smallest absolute Gasteiger partial charge is 0.255 e. The third-order valence-electron chi connectivity index (χ3n) is 3.65. The van der Waals surface area contributed by atoms with Gasteiger partial charge in [-0.1, -0.05) is 30.3 Å². The highest BCUT2D eigenvalue weighted by Crippen LogP contribution is 2.18. The normalized spacial score (nSPS) is 18.8. The van der Waals surface area contributed by atoms with Crippen molar-refractivity contribution >= 4 is 16.7 Å². The molecule has 1 N–H and O–H groups in total. The van der Waals surface area contributed by atoms with E-state index in [4.69, 9.17) is 5.26 Å².